The summed E-state index contributed by atoms with van der Waals surface area (Å²) >= 11 is 6.35. The highest BCUT2D eigenvalue weighted by Crippen LogP contribution is 2.32. The third kappa shape index (κ3) is 3.69. The van der Waals surface area contributed by atoms with Crippen LogP contribution in [0.15, 0.2) is 35.3 Å². The Labute approximate surface area is 155 Å². The minimum atomic E-state index is -0.290. The smallest absolute Gasteiger partial charge is 0.233 e. The van der Waals surface area contributed by atoms with Gasteiger partial charge in [0.2, 0.25) is 11.1 Å². The molecule has 25 heavy (non-hydrogen) atoms. The van der Waals surface area contributed by atoms with Crippen molar-refractivity contribution in [3.8, 4) is 0 Å². The Morgan fingerprint density at radius 3 is 2.68 bits per heavy atom. The fourth-order valence-corrected chi connectivity index (χ4v) is 3.47. The predicted octanol–water partition coefficient (Wildman–Crippen LogP) is 4.31. The van der Waals surface area contributed by atoms with Crippen LogP contribution in [0.1, 0.15) is 26.5 Å². The lowest BCUT2D eigenvalue weighted by Gasteiger charge is -2.37. The molecule has 6 nitrogen and oxygen atoms in total. The Bertz CT molecular complexity index is 996. The quantitative estimate of drug-likeness (QED) is 0.398. The van der Waals surface area contributed by atoms with Gasteiger partial charge < -0.3 is 10.6 Å². The van der Waals surface area contributed by atoms with Gasteiger partial charge in [0.05, 0.1) is 11.2 Å². The molecule has 130 valence electrons. The van der Waals surface area contributed by atoms with Crippen LogP contribution in [0.5, 0.6) is 0 Å². The summed E-state index contributed by atoms with van der Waals surface area (Å²) in [6.45, 7) is 8.24. The van der Waals surface area contributed by atoms with E-state index in [1.807, 2.05) is 42.2 Å². The number of guanidine groups is 1. The number of fused-ring (bicyclic) bond motifs is 1. The number of aromatic nitrogens is 3. The molecule has 0 radical (unpaired) electrons. The zero-order chi connectivity index (χ0) is 18.2. The molecule has 0 aliphatic carbocycles. The topological polar surface area (TPSA) is 83.2 Å². The van der Waals surface area contributed by atoms with E-state index in [2.05, 4.69) is 40.9 Å². The zero-order valence-corrected chi connectivity index (χ0v) is 16.2. The van der Waals surface area contributed by atoms with Crippen LogP contribution in [-0.4, -0.2) is 26.7 Å². The molecule has 0 aliphatic rings. The molecule has 2 aromatic heterocycles. The summed E-state index contributed by atoms with van der Waals surface area (Å²) in [5, 5.41) is 8.33. The van der Waals surface area contributed by atoms with E-state index >= 15 is 0 Å². The lowest BCUT2D eigenvalue weighted by atomic mass is 10.0. The Morgan fingerprint density at radius 2 is 2.04 bits per heavy atom. The first-order valence-electron chi connectivity index (χ1n) is 7.82. The number of pyridine rings is 1. The maximum absolute atomic E-state index is 6.39. The van der Waals surface area contributed by atoms with Crippen LogP contribution in [-0.2, 0) is 0 Å². The first-order valence-corrected chi connectivity index (χ1v) is 9.04. The number of aromatic amines is 1. The maximum atomic E-state index is 6.39. The number of nitrogens with one attached hydrogen (secondary N) is 1. The number of H-pyrrole nitrogens is 1. The number of aryl methyl sites for hydroxylation is 1. The number of nitrogens with two attached hydrogens (primary N) is 1. The van der Waals surface area contributed by atoms with Gasteiger partial charge in [0.15, 0.2) is 3.95 Å². The van der Waals surface area contributed by atoms with Crippen molar-refractivity contribution in [2.45, 2.75) is 33.2 Å². The molecule has 0 saturated carbocycles. The van der Waals surface area contributed by atoms with Gasteiger partial charge in [0.1, 0.15) is 0 Å². The van der Waals surface area contributed by atoms with Gasteiger partial charge in [0, 0.05) is 16.6 Å². The average Bonchev–Trinajstić information content (AvgIpc) is 2.90. The number of nitrogens with zero attached hydrogens (tertiary/aromatic N) is 4. The van der Waals surface area contributed by atoms with Gasteiger partial charge in [-0.05, 0) is 52.0 Å². The minimum absolute atomic E-state index is 0.290. The largest absolute Gasteiger partial charge is 0.369 e. The van der Waals surface area contributed by atoms with Crippen LogP contribution in [0.2, 0.25) is 0 Å². The van der Waals surface area contributed by atoms with Crippen LogP contribution >= 0.6 is 23.6 Å². The van der Waals surface area contributed by atoms with Crippen LogP contribution < -0.4 is 10.6 Å². The van der Waals surface area contributed by atoms with Gasteiger partial charge in [-0.1, -0.05) is 29.5 Å². The Balaban J connectivity index is 2.21. The molecule has 0 unspecified atom stereocenters. The predicted molar refractivity (Wildman–Crippen MR) is 107 cm³/mol. The highest BCUT2D eigenvalue weighted by atomic mass is 32.1. The van der Waals surface area contributed by atoms with Crippen molar-refractivity contribution in [1.29, 1.82) is 0 Å². The summed E-state index contributed by atoms with van der Waals surface area (Å²) < 4.78 is 0.569. The molecule has 0 fully saturated rings. The molecule has 3 aromatic rings. The van der Waals surface area contributed by atoms with Gasteiger partial charge in [-0.3, -0.25) is 10.1 Å². The molecule has 3 rings (SSSR count). The molecule has 0 aliphatic heterocycles. The van der Waals surface area contributed by atoms with E-state index in [9.17, 15) is 0 Å². The first kappa shape index (κ1) is 17.5. The summed E-state index contributed by atoms with van der Waals surface area (Å²) in [5.41, 5.74) is 8.92. The molecule has 0 spiro atoms. The van der Waals surface area contributed by atoms with Crippen LogP contribution in [0.3, 0.4) is 0 Å². The summed E-state index contributed by atoms with van der Waals surface area (Å²) in [6, 6.07) is 10.0. The molecule has 0 atom stereocenters. The standard InChI is InChI=1S/C17H20N6S2/c1-10-9-13(11-7-5-6-8-12(11)19-10)23(17(2,3)4)14(18)20-15-21-22-16(24)25-15/h5-9H,1-4H3,(H,22,24)(H2,18,20,21). The molecule has 1 aromatic carbocycles. The van der Waals surface area contributed by atoms with E-state index in [0.29, 0.717) is 15.0 Å². The Hall–Kier alpha value is -2.32. The van der Waals surface area contributed by atoms with Gasteiger partial charge in [-0.15, -0.1) is 5.10 Å². The number of aliphatic imine (C=N–C) groups is 1. The van der Waals surface area contributed by atoms with Gasteiger partial charge >= 0.3 is 0 Å². The van der Waals surface area contributed by atoms with Crippen LogP contribution in [0.25, 0.3) is 10.9 Å². The fourth-order valence-electron chi connectivity index (χ4n) is 2.72. The van der Waals surface area contributed by atoms with Crippen molar-refractivity contribution in [2.24, 2.45) is 10.7 Å². The van der Waals surface area contributed by atoms with Crippen LogP contribution in [0.4, 0.5) is 10.8 Å². The normalized spacial score (nSPS) is 12.6. The number of rotatable bonds is 2. The van der Waals surface area contributed by atoms with E-state index in [4.69, 9.17) is 18.0 Å². The fraction of sp³-hybridized carbons (Fsp3) is 0.294. The van der Waals surface area contributed by atoms with Crippen molar-refractivity contribution >= 4 is 51.2 Å². The summed E-state index contributed by atoms with van der Waals surface area (Å²) in [4.78, 5) is 11.1. The van der Waals surface area contributed by atoms with E-state index < -0.39 is 0 Å². The third-order valence-corrected chi connectivity index (χ3v) is 4.58. The van der Waals surface area contributed by atoms with E-state index in [1.165, 1.54) is 11.3 Å². The number of benzene rings is 1. The molecule has 8 heteroatoms. The summed E-state index contributed by atoms with van der Waals surface area (Å²) in [7, 11) is 0. The van der Waals surface area contributed by atoms with Crippen molar-refractivity contribution in [3.05, 3.63) is 40.0 Å². The monoisotopic (exact) mass is 372 g/mol. The highest BCUT2D eigenvalue weighted by molar-refractivity contribution is 7.73. The summed E-state index contributed by atoms with van der Waals surface area (Å²) in [5.74, 6) is 0.362. The molecule has 0 bridgehead atoms. The van der Waals surface area contributed by atoms with Gasteiger partial charge in [-0.25, -0.2) is 0 Å². The number of anilines is 1. The van der Waals surface area contributed by atoms with Gasteiger partial charge in [0.25, 0.3) is 0 Å². The lowest BCUT2D eigenvalue weighted by Crippen LogP contribution is -2.49. The van der Waals surface area contributed by atoms with Crippen LogP contribution in [0, 0.1) is 10.9 Å². The van der Waals surface area contributed by atoms with Crippen molar-refractivity contribution in [3.63, 3.8) is 0 Å². The highest BCUT2D eigenvalue weighted by Gasteiger charge is 2.27. The second-order valence-corrected chi connectivity index (χ2v) is 8.32. The molecular weight excluding hydrogens is 352 g/mol. The van der Waals surface area contributed by atoms with E-state index in [1.54, 1.807) is 0 Å². The minimum Gasteiger partial charge on any atom is -0.369 e. The van der Waals surface area contributed by atoms with E-state index in [0.717, 1.165) is 22.3 Å². The zero-order valence-electron chi connectivity index (χ0n) is 14.6. The average molecular weight is 373 g/mol. The Kier molecular flexibility index (Phi) is 4.57. The number of hydrogen-bond acceptors (Lipinski definition) is 5. The summed E-state index contributed by atoms with van der Waals surface area (Å²) in [6.07, 6.45) is 0. The molecular formula is C17H20N6S2. The molecule has 0 saturated heterocycles. The number of para-hydroxylation sites is 1. The third-order valence-electron chi connectivity index (χ3n) is 3.60. The first-order chi connectivity index (χ1) is 11.8. The van der Waals surface area contributed by atoms with Crippen molar-refractivity contribution in [2.75, 3.05) is 4.90 Å². The van der Waals surface area contributed by atoms with Gasteiger partial charge in [-0.2, -0.15) is 4.99 Å². The molecule has 2 heterocycles. The Morgan fingerprint density at radius 1 is 1.32 bits per heavy atom. The molecule has 0 amide bonds. The second-order valence-electron chi connectivity index (χ2n) is 6.67. The van der Waals surface area contributed by atoms with Crippen molar-refractivity contribution < 1.29 is 0 Å². The van der Waals surface area contributed by atoms with E-state index in [-0.39, 0.29) is 5.54 Å². The maximum Gasteiger partial charge on any atom is 0.233 e. The lowest BCUT2D eigenvalue weighted by molar-refractivity contribution is 0.570. The molecule has 3 N–H and O–H groups in total. The SMILES string of the molecule is Cc1cc(N(C(N)=Nc2n[nH]c(=S)s2)C(C)(C)C)c2ccccc2n1. The van der Waals surface area contributed by atoms with Crippen molar-refractivity contribution in [1.82, 2.24) is 15.2 Å². The second kappa shape index (κ2) is 6.53. The number of hydrogen-bond donors (Lipinski definition) is 2.